The Morgan fingerprint density at radius 2 is 1.46 bits per heavy atom. The van der Waals surface area contributed by atoms with Crippen molar-refractivity contribution in [2.75, 3.05) is 11.9 Å². The van der Waals surface area contributed by atoms with E-state index in [0.717, 1.165) is 19.3 Å². The Hall–Kier alpha value is -2.95. The van der Waals surface area contributed by atoms with E-state index >= 15 is 0 Å². The molecule has 2 aliphatic rings. The molecule has 4 atom stereocenters. The summed E-state index contributed by atoms with van der Waals surface area (Å²) in [4.78, 5) is 37.9. The molecule has 0 heterocycles. The van der Waals surface area contributed by atoms with E-state index in [1.807, 2.05) is 36.4 Å². The molecule has 0 aliphatic heterocycles. The van der Waals surface area contributed by atoms with Gasteiger partial charge in [0.05, 0.1) is 5.92 Å². The molecule has 4 rings (SSSR count). The fourth-order valence-corrected chi connectivity index (χ4v) is 4.75. The summed E-state index contributed by atoms with van der Waals surface area (Å²) >= 11 is 0. The van der Waals surface area contributed by atoms with E-state index < -0.39 is 11.9 Å². The average molecular weight is 377 g/mol. The van der Waals surface area contributed by atoms with Gasteiger partial charge in [0.25, 0.3) is 5.91 Å². The lowest BCUT2D eigenvalue weighted by Gasteiger charge is -2.28. The third-order valence-electron chi connectivity index (χ3n) is 5.95. The number of ether oxygens (including phenoxy) is 1. The molecule has 1 N–H and O–H groups in total. The fourth-order valence-electron chi connectivity index (χ4n) is 4.75. The number of carbonyl (C=O) groups is 3. The van der Waals surface area contributed by atoms with Crippen molar-refractivity contribution in [3.05, 3.63) is 66.2 Å². The number of benzene rings is 2. The lowest BCUT2D eigenvalue weighted by molar-refractivity contribution is -0.154. The molecule has 5 heteroatoms. The minimum atomic E-state index is -0.448. The number of fused-ring (bicyclic) bond motifs is 2. The first-order valence-corrected chi connectivity index (χ1v) is 9.74. The van der Waals surface area contributed by atoms with Crippen LogP contribution in [0.3, 0.4) is 0 Å². The zero-order chi connectivity index (χ0) is 19.5. The van der Waals surface area contributed by atoms with Crippen LogP contribution >= 0.6 is 0 Å². The first-order valence-electron chi connectivity index (χ1n) is 9.74. The van der Waals surface area contributed by atoms with Gasteiger partial charge in [-0.05, 0) is 43.2 Å². The summed E-state index contributed by atoms with van der Waals surface area (Å²) in [6.45, 7) is -0.339. The summed E-state index contributed by atoms with van der Waals surface area (Å²) in [7, 11) is 0. The normalized spacial score (nSPS) is 25.3. The van der Waals surface area contributed by atoms with Crippen molar-refractivity contribution in [3.63, 3.8) is 0 Å². The van der Waals surface area contributed by atoms with Crippen LogP contribution in [0.25, 0.3) is 0 Å². The highest BCUT2D eigenvalue weighted by atomic mass is 16.5. The molecule has 144 valence electrons. The van der Waals surface area contributed by atoms with E-state index in [1.54, 1.807) is 24.3 Å². The highest BCUT2D eigenvalue weighted by Gasteiger charge is 2.54. The zero-order valence-corrected chi connectivity index (χ0v) is 15.5. The van der Waals surface area contributed by atoms with Gasteiger partial charge in [-0.25, -0.2) is 0 Å². The molecular formula is C23H23NO4. The van der Waals surface area contributed by atoms with E-state index in [-0.39, 0.29) is 36.1 Å². The summed E-state index contributed by atoms with van der Waals surface area (Å²) in [6, 6.07) is 18.2. The molecule has 2 fully saturated rings. The molecule has 0 spiro atoms. The summed E-state index contributed by atoms with van der Waals surface area (Å²) in [6.07, 6.45) is 2.81. The van der Waals surface area contributed by atoms with Crippen molar-refractivity contribution in [3.8, 4) is 0 Å². The van der Waals surface area contributed by atoms with Gasteiger partial charge in [-0.3, -0.25) is 14.4 Å². The smallest absolute Gasteiger partial charge is 0.310 e. The number of ketones is 1. The Kier molecular flexibility index (Phi) is 5.24. The number of Topliss-reactive ketones (excluding diaryl/α,β-unsaturated/α-hetero) is 1. The van der Waals surface area contributed by atoms with Crippen LogP contribution in [0.2, 0.25) is 0 Å². The minimum absolute atomic E-state index is 0.0171. The van der Waals surface area contributed by atoms with Crippen molar-refractivity contribution in [2.45, 2.75) is 19.3 Å². The summed E-state index contributed by atoms with van der Waals surface area (Å²) < 4.78 is 5.33. The maximum absolute atomic E-state index is 13.0. The first kappa shape index (κ1) is 18.4. The number of nitrogens with one attached hydrogen (secondary N) is 1. The second-order valence-corrected chi connectivity index (χ2v) is 7.64. The molecule has 1 amide bonds. The van der Waals surface area contributed by atoms with Crippen LogP contribution in [0, 0.1) is 23.7 Å². The first-order chi connectivity index (χ1) is 13.6. The standard InChI is InChI=1S/C23H23NO4/c25-19(24-18-9-5-2-6-10-18)14-28-23(27)21-17-12-11-16(13-17)20(21)22(26)15-7-3-1-4-8-15/h1-10,16-17,20-21H,11-14H2,(H,24,25)/t16-,17+,20+,21+/m1/s1. The molecule has 28 heavy (non-hydrogen) atoms. The van der Waals surface area contributed by atoms with Crippen LogP contribution in [-0.2, 0) is 14.3 Å². The molecule has 2 saturated carbocycles. The topological polar surface area (TPSA) is 72.5 Å². The number of para-hydroxylation sites is 1. The second kappa shape index (κ2) is 7.97. The molecule has 2 aromatic carbocycles. The molecule has 2 aromatic rings. The average Bonchev–Trinajstić information content (AvgIpc) is 3.34. The number of hydrogen-bond acceptors (Lipinski definition) is 4. The number of esters is 1. The lowest BCUT2D eigenvalue weighted by Crippen LogP contribution is -2.37. The summed E-state index contributed by atoms with van der Waals surface area (Å²) in [5.41, 5.74) is 1.29. The van der Waals surface area contributed by atoms with E-state index in [1.165, 1.54) is 0 Å². The predicted molar refractivity (Wildman–Crippen MR) is 105 cm³/mol. The predicted octanol–water partition coefficient (Wildman–Crippen LogP) is 3.71. The van der Waals surface area contributed by atoms with E-state index in [2.05, 4.69) is 5.32 Å². The SMILES string of the molecule is O=C(COC(=O)[C@H]1[C@H]2CC[C@H](C2)[C@@H]1C(=O)c1ccccc1)Nc1ccccc1. The van der Waals surface area contributed by atoms with Crippen molar-refractivity contribution in [2.24, 2.45) is 23.7 Å². The summed E-state index contributed by atoms with van der Waals surface area (Å²) in [5, 5.41) is 2.70. The molecule has 2 bridgehead atoms. The maximum atomic E-state index is 13.0. The number of amides is 1. The highest BCUT2D eigenvalue weighted by molar-refractivity contribution is 6.01. The molecule has 0 aromatic heterocycles. The van der Waals surface area contributed by atoms with E-state index in [0.29, 0.717) is 11.3 Å². The maximum Gasteiger partial charge on any atom is 0.310 e. The van der Waals surface area contributed by atoms with Crippen LogP contribution < -0.4 is 5.32 Å². The number of anilines is 1. The van der Waals surface area contributed by atoms with Gasteiger partial charge in [-0.15, -0.1) is 0 Å². The molecule has 0 unspecified atom stereocenters. The van der Waals surface area contributed by atoms with Gasteiger partial charge in [-0.2, -0.15) is 0 Å². The van der Waals surface area contributed by atoms with Gasteiger partial charge in [-0.1, -0.05) is 48.5 Å². The highest BCUT2D eigenvalue weighted by Crippen LogP contribution is 2.53. The largest absolute Gasteiger partial charge is 0.455 e. The third kappa shape index (κ3) is 3.70. The van der Waals surface area contributed by atoms with E-state index in [4.69, 9.17) is 4.74 Å². The van der Waals surface area contributed by atoms with Gasteiger partial charge in [0.1, 0.15) is 0 Å². The minimum Gasteiger partial charge on any atom is -0.455 e. The Labute approximate surface area is 164 Å². The van der Waals surface area contributed by atoms with Crippen molar-refractivity contribution in [1.82, 2.24) is 0 Å². The van der Waals surface area contributed by atoms with Crippen LogP contribution in [0.1, 0.15) is 29.6 Å². The van der Waals surface area contributed by atoms with Crippen molar-refractivity contribution < 1.29 is 19.1 Å². The summed E-state index contributed by atoms with van der Waals surface area (Å²) in [5.74, 6) is -1.18. The number of hydrogen-bond donors (Lipinski definition) is 1. The third-order valence-corrected chi connectivity index (χ3v) is 5.95. The van der Waals surface area contributed by atoms with Gasteiger partial charge in [0.2, 0.25) is 0 Å². The second-order valence-electron chi connectivity index (χ2n) is 7.64. The Bertz CT molecular complexity index is 865. The Morgan fingerprint density at radius 1 is 0.857 bits per heavy atom. The van der Waals surface area contributed by atoms with Crippen LogP contribution in [0.15, 0.2) is 60.7 Å². The fraction of sp³-hybridized carbons (Fsp3) is 0.348. The van der Waals surface area contributed by atoms with Crippen LogP contribution in [0.5, 0.6) is 0 Å². The van der Waals surface area contributed by atoms with Gasteiger partial charge in [0, 0.05) is 17.2 Å². The molecule has 0 radical (unpaired) electrons. The Morgan fingerprint density at radius 3 is 2.14 bits per heavy atom. The van der Waals surface area contributed by atoms with Crippen molar-refractivity contribution in [1.29, 1.82) is 0 Å². The molecule has 0 saturated heterocycles. The lowest BCUT2D eigenvalue weighted by atomic mass is 9.75. The number of carbonyl (C=O) groups excluding carboxylic acids is 3. The van der Waals surface area contributed by atoms with Gasteiger partial charge >= 0.3 is 5.97 Å². The zero-order valence-electron chi connectivity index (χ0n) is 15.5. The van der Waals surface area contributed by atoms with Crippen LogP contribution in [0.4, 0.5) is 5.69 Å². The molecule has 5 nitrogen and oxygen atoms in total. The quantitative estimate of drug-likeness (QED) is 0.615. The molecular weight excluding hydrogens is 354 g/mol. The van der Waals surface area contributed by atoms with Crippen molar-refractivity contribution >= 4 is 23.3 Å². The van der Waals surface area contributed by atoms with E-state index in [9.17, 15) is 14.4 Å². The Balaban J connectivity index is 1.41. The number of rotatable bonds is 6. The van der Waals surface area contributed by atoms with Gasteiger partial charge < -0.3 is 10.1 Å². The van der Waals surface area contributed by atoms with Crippen LogP contribution in [-0.4, -0.2) is 24.3 Å². The molecule has 2 aliphatic carbocycles. The monoisotopic (exact) mass is 377 g/mol. The van der Waals surface area contributed by atoms with Gasteiger partial charge in [0.15, 0.2) is 12.4 Å².